The Morgan fingerprint density at radius 2 is 2.06 bits per heavy atom. The van der Waals surface area contributed by atoms with Crippen LogP contribution in [0, 0.1) is 5.92 Å². The summed E-state index contributed by atoms with van der Waals surface area (Å²) in [5, 5.41) is 8.75. The smallest absolute Gasteiger partial charge is 0.417 e. The highest BCUT2D eigenvalue weighted by Crippen LogP contribution is 2.21. The molecule has 0 saturated carbocycles. The average molecular weight is 238 g/mol. The molecule has 7 nitrogen and oxygen atoms in total. The van der Waals surface area contributed by atoms with Crippen LogP contribution in [0.2, 0.25) is 0 Å². The Morgan fingerprint density at radius 3 is 2.65 bits per heavy atom. The number of hydrogen-bond donors (Lipinski definition) is 1. The van der Waals surface area contributed by atoms with Gasteiger partial charge in [0.25, 0.3) is 11.7 Å². The first kappa shape index (κ1) is 11.3. The van der Waals surface area contributed by atoms with Crippen molar-refractivity contribution < 1.29 is 24.1 Å². The molecular formula is C10H12N3O4+. The predicted octanol–water partition coefficient (Wildman–Crippen LogP) is -0.851. The lowest BCUT2D eigenvalue weighted by Gasteiger charge is -2.27. The Bertz CT molecular complexity index is 480. The number of nitrogens with zero attached hydrogens (tertiary/aromatic N) is 3. The van der Waals surface area contributed by atoms with Gasteiger partial charge in [0.1, 0.15) is 0 Å². The van der Waals surface area contributed by atoms with Gasteiger partial charge in [0.2, 0.25) is 0 Å². The van der Waals surface area contributed by atoms with Crippen molar-refractivity contribution in [3.8, 4) is 0 Å². The molecule has 1 saturated heterocycles. The van der Waals surface area contributed by atoms with E-state index in [4.69, 9.17) is 5.11 Å². The van der Waals surface area contributed by atoms with Crippen LogP contribution in [-0.4, -0.2) is 63.9 Å². The van der Waals surface area contributed by atoms with E-state index in [-0.39, 0.29) is 12.5 Å². The zero-order valence-corrected chi connectivity index (χ0v) is 9.45. The molecule has 1 N–H and O–H groups in total. The molecule has 0 radical (unpaired) electrons. The summed E-state index contributed by atoms with van der Waals surface area (Å²) in [6.45, 7) is -0.267. The van der Waals surface area contributed by atoms with Crippen LogP contribution in [0.5, 0.6) is 0 Å². The molecule has 1 fully saturated rings. The highest BCUT2D eigenvalue weighted by molar-refractivity contribution is 6.17. The fourth-order valence-electron chi connectivity index (χ4n) is 2.03. The number of carbonyl (C=O) groups excluding carboxylic acids is 2. The van der Waals surface area contributed by atoms with Crippen molar-refractivity contribution in [2.45, 2.75) is 0 Å². The minimum Gasteiger partial charge on any atom is -0.478 e. The monoisotopic (exact) mass is 238 g/mol. The summed E-state index contributed by atoms with van der Waals surface area (Å²) >= 11 is 0. The minimum atomic E-state index is -1.02. The summed E-state index contributed by atoms with van der Waals surface area (Å²) < 4.78 is 1.40. The Labute approximate surface area is 97.2 Å². The van der Waals surface area contributed by atoms with Gasteiger partial charge in [0.15, 0.2) is 12.5 Å². The third-order valence-corrected chi connectivity index (χ3v) is 2.85. The number of amides is 3. The molecule has 0 aromatic rings. The van der Waals surface area contributed by atoms with Crippen LogP contribution in [0.25, 0.3) is 0 Å². The largest absolute Gasteiger partial charge is 0.478 e. The Kier molecular flexibility index (Phi) is 2.45. The lowest BCUT2D eigenvalue weighted by molar-refractivity contribution is -0.449. The molecule has 17 heavy (non-hydrogen) atoms. The molecule has 0 aromatic carbocycles. The zero-order chi connectivity index (χ0) is 12.7. The van der Waals surface area contributed by atoms with E-state index in [2.05, 4.69) is 0 Å². The van der Waals surface area contributed by atoms with Gasteiger partial charge in [-0.25, -0.2) is 19.1 Å². The van der Waals surface area contributed by atoms with Gasteiger partial charge in [-0.3, -0.25) is 4.79 Å². The van der Waals surface area contributed by atoms with Gasteiger partial charge in [-0.05, 0) is 6.08 Å². The second kappa shape index (κ2) is 3.69. The van der Waals surface area contributed by atoms with Crippen molar-refractivity contribution >= 4 is 23.7 Å². The third-order valence-electron chi connectivity index (χ3n) is 2.85. The fourth-order valence-corrected chi connectivity index (χ4v) is 2.03. The number of hydrogen-bond acceptors (Lipinski definition) is 3. The average Bonchev–Trinajstić information content (AvgIpc) is 2.66. The summed E-state index contributed by atoms with van der Waals surface area (Å²) in [6, 6.07) is -0.458. The van der Waals surface area contributed by atoms with Crippen molar-refractivity contribution in [3.05, 3.63) is 12.3 Å². The second-order valence-corrected chi connectivity index (χ2v) is 3.94. The maximum Gasteiger partial charge on any atom is 0.417 e. The molecule has 1 atom stereocenters. The van der Waals surface area contributed by atoms with Crippen LogP contribution in [-0.2, 0) is 9.59 Å². The standard InChI is InChI=1S/C10H11N3O4/c1-11-8-6(9(16)12(2)10(11)17)3-4-13(8)5-7(14)15/h3-4,6H,5H2,1-2H3/p+1. The third kappa shape index (κ3) is 1.59. The molecular weight excluding hydrogens is 226 g/mol. The van der Waals surface area contributed by atoms with Crippen molar-refractivity contribution in [1.82, 2.24) is 9.80 Å². The Morgan fingerprint density at radius 1 is 1.41 bits per heavy atom. The normalized spacial score (nSPS) is 23.5. The fraction of sp³-hybridized carbons (Fsp3) is 0.400. The van der Waals surface area contributed by atoms with Gasteiger partial charge in [0.05, 0.1) is 13.2 Å². The molecule has 2 aliphatic heterocycles. The van der Waals surface area contributed by atoms with Gasteiger partial charge in [-0.2, -0.15) is 4.90 Å². The molecule has 3 amide bonds. The first-order valence-corrected chi connectivity index (χ1v) is 5.02. The highest BCUT2D eigenvalue weighted by atomic mass is 16.4. The molecule has 1 unspecified atom stereocenters. The van der Waals surface area contributed by atoms with Crippen molar-refractivity contribution in [3.63, 3.8) is 0 Å². The maximum atomic E-state index is 11.8. The van der Waals surface area contributed by atoms with E-state index in [1.54, 1.807) is 6.08 Å². The van der Waals surface area contributed by atoms with E-state index >= 15 is 0 Å². The minimum absolute atomic E-state index is 0.267. The zero-order valence-electron chi connectivity index (χ0n) is 9.45. The van der Waals surface area contributed by atoms with Gasteiger partial charge in [0, 0.05) is 7.05 Å². The summed E-state index contributed by atoms with van der Waals surface area (Å²) in [4.78, 5) is 36.6. The lowest BCUT2D eigenvalue weighted by Crippen LogP contribution is -2.57. The molecule has 2 heterocycles. The van der Waals surface area contributed by atoms with Crippen molar-refractivity contribution in [2.75, 3.05) is 20.6 Å². The van der Waals surface area contributed by atoms with Gasteiger partial charge in [-0.1, -0.05) is 0 Å². The van der Waals surface area contributed by atoms with E-state index in [9.17, 15) is 14.4 Å². The molecule has 0 bridgehead atoms. The number of carbonyl (C=O) groups is 3. The number of rotatable bonds is 2. The van der Waals surface area contributed by atoms with Crippen LogP contribution in [0.1, 0.15) is 0 Å². The van der Waals surface area contributed by atoms with Crippen LogP contribution < -0.4 is 0 Å². The summed E-state index contributed by atoms with van der Waals surface area (Å²) in [7, 11) is 2.93. The van der Waals surface area contributed by atoms with E-state index in [1.165, 1.54) is 29.8 Å². The number of carboxylic acid groups (broad SMARTS) is 1. The molecule has 90 valence electrons. The number of fused-ring (bicyclic) bond motifs is 1. The second-order valence-electron chi connectivity index (χ2n) is 3.94. The van der Waals surface area contributed by atoms with E-state index < -0.39 is 17.9 Å². The number of amidine groups is 1. The molecule has 0 aliphatic carbocycles. The molecule has 2 aliphatic rings. The summed E-state index contributed by atoms with van der Waals surface area (Å²) in [6.07, 6.45) is 3.12. The first-order valence-electron chi connectivity index (χ1n) is 5.02. The molecule has 2 rings (SSSR count). The molecule has 0 spiro atoms. The van der Waals surface area contributed by atoms with Crippen LogP contribution in [0.15, 0.2) is 12.3 Å². The molecule has 0 aromatic heterocycles. The number of imide groups is 1. The van der Waals surface area contributed by atoms with Gasteiger partial charge < -0.3 is 5.11 Å². The topological polar surface area (TPSA) is 80.9 Å². The van der Waals surface area contributed by atoms with Gasteiger partial charge >= 0.3 is 12.0 Å². The van der Waals surface area contributed by atoms with Crippen LogP contribution >= 0.6 is 0 Å². The number of carboxylic acids is 1. The van der Waals surface area contributed by atoms with E-state index in [1.807, 2.05) is 0 Å². The number of aliphatic carboxylic acids is 1. The maximum absolute atomic E-state index is 11.8. The highest BCUT2D eigenvalue weighted by Gasteiger charge is 2.48. The molecule has 7 heteroatoms. The lowest BCUT2D eigenvalue weighted by atomic mass is 10.1. The Balaban J connectivity index is 2.43. The SMILES string of the molecule is CN1C(=O)C2C=C[N+](CC(=O)O)=C2N(C)C1=O. The summed E-state index contributed by atoms with van der Waals surface area (Å²) in [5.41, 5.74) is 0. The summed E-state index contributed by atoms with van der Waals surface area (Å²) in [5.74, 6) is -1.52. The Hall–Kier alpha value is -2.18. The van der Waals surface area contributed by atoms with Crippen LogP contribution in [0.4, 0.5) is 4.79 Å². The number of urea groups is 1. The van der Waals surface area contributed by atoms with E-state index in [0.717, 1.165) is 4.90 Å². The van der Waals surface area contributed by atoms with Crippen molar-refractivity contribution in [1.29, 1.82) is 0 Å². The van der Waals surface area contributed by atoms with Crippen LogP contribution in [0.3, 0.4) is 0 Å². The first-order chi connectivity index (χ1) is 7.93. The quantitative estimate of drug-likeness (QED) is 0.635. The van der Waals surface area contributed by atoms with E-state index in [0.29, 0.717) is 5.84 Å². The predicted molar refractivity (Wildman–Crippen MR) is 56.3 cm³/mol. The van der Waals surface area contributed by atoms with Gasteiger partial charge in [-0.15, -0.1) is 0 Å². The van der Waals surface area contributed by atoms with Crippen molar-refractivity contribution in [2.24, 2.45) is 5.92 Å².